The fraction of sp³-hybridized carbons (Fsp3) is 0.462. The number of amides is 1. The minimum Gasteiger partial charge on any atom is -0.460 e. The Bertz CT molecular complexity index is 925. The Morgan fingerprint density at radius 3 is 2.21 bits per heavy atom. The van der Waals surface area contributed by atoms with Crippen molar-refractivity contribution in [1.82, 2.24) is 4.90 Å². The van der Waals surface area contributed by atoms with Gasteiger partial charge in [0.2, 0.25) is 5.91 Å². The van der Waals surface area contributed by atoms with Crippen LogP contribution in [0.5, 0.6) is 0 Å². The minimum atomic E-state index is -0.328. The van der Waals surface area contributed by atoms with E-state index in [9.17, 15) is 9.59 Å². The number of hydrogen-bond acceptors (Lipinski definition) is 4. The minimum absolute atomic E-state index is 0.0455. The van der Waals surface area contributed by atoms with Gasteiger partial charge in [-0.2, -0.15) is 0 Å². The van der Waals surface area contributed by atoms with Crippen molar-refractivity contribution in [3.05, 3.63) is 68.6 Å². The fourth-order valence-corrected chi connectivity index (χ4v) is 4.11. The maximum Gasteiger partial charge on any atom is 0.303 e. The monoisotopic (exact) mass is 571 g/mol. The van der Waals surface area contributed by atoms with E-state index in [4.69, 9.17) is 32.7 Å². The van der Waals surface area contributed by atoms with Crippen LogP contribution in [-0.4, -0.2) is 42.1 Å². The molecule has 0 aromatic heterocycles. The second kappa shape index (κ2) is 13.5. The molecule has 1 unspecified atom stereocenters. The molecule has 2 aliphatic rings. The van der Waals surface area contributed by atoms with Gasteiger partial charge in [-0.15, -0.1) is 0 Å². The van der Waals surface area contributed by atoms with Gasteiger partial charge in [0.1, 0.15) is 12.2 Å². The van der Waals surface area contributed by atoms with Crippen molar-refractivity contribution >= 4 is 51.0 Å². The second-order valence-corrected chi connectivity index (χ2v) is 11.0. The van der Waals surface area contributed by atoms with Crippen molar-refractivity contribution in [3.8, 4) is 0 Å². The highest BCUT2D eigenvalue weighted by Gasteiger charge is 2.34. The average molecular weight is 573 g/mol. The molecular formula is C26H32BrCl2NO4. The Hall–Kier alpha value is -1.60. The summed E-state index contributed by atoms with van der Waals surface area (Å²) in [6, 6.07) is 15.3. The number of rotatable bonds is 3. The van der Waals surface area contributed by atoms with E-state index >= 15 is 0 Å². The van der Waals surface area contributed by atoms with Crippen LogP contribution in [0.25, 0.3) is 0 Å². The van der Waals surface area contributed by atoms with Crippen LogP contribution in [0.3, 0.4) is 0 Å². The number of nitrogens with zero attached hydrogens (tertiary/aromatic N) is 1. The second-order valence-electron chi connectivity index (χ2n) is 9.22. The molecule has 2 aromatic rings. The molecule has 186 valence electrons. The standard InChI is InChI=1S/C14H16ClNO2.C6H4BrCl.C6H12O2/c15-12-5-3-11(4-6-12)13-8-18-9-14(17)16(13)7-10-1-2-10;7-5-2-1-3-6(8)4-5;1-5(7)8-6(2,3)4/h3-6,10,13H,1-2,7-9H2;1-4H;1-4H3. The van der Waals surface area contributed by atoms with E-state index in [1.54, 1.807) is 0 Å². The molecular weight excluding hydrogens is 541 g/mol. The first kappa shape index (κ1) is 28.6. The van der Waals surface area contributed by atoms with Crippen LogP contribution in [-0.2, 0) is 19.1 Å². The third-order valence-electron chi connectivity index (χ3n) is 4.84. The van der Waals surface area contributed by atoms with Crippen LogP contribution < -0.4 is 0 Å². The van der Waals surface area contributed by atoms with Crippen molar-refractivity contribution < 1.29 is 19.1 Å². The number of morpholine rings is 1. The summed E-state index contributed by atoms with van der Waals surface area (Å²) in [4.78, 5) is 24.2. The van der Waals surface area contributed by atoms with Crippen LogP contribution in [0.1, 0.15) is 52.1 Å². The van der Waals surface area contributed by atoms with E-state index in [0.717, 1.165) is 26.6 Å². The highest BCUT2D eigenvalue weighted by Crippen LogP contribution is 2.34. The summed E-state index contributed by atoms with van der Waals surface area (Å²) in [6.07, 6.45) is 2.50. The molecule has 1 amide bonds. The molecule has 1 saturated heterocycles. The summed E-state index contributed by atoms with van der Waals surface area (Å²) in [5.41, 5.74) is 0.777. The summed E-state index contributed by atoms with van der Waals surface area (Å²) in [7, 11) is 0. The van der Waals surface area contributed by atoms with Gasteiger partial charge in [0.15, 0.2) is 0 Å². The number of carbonyl (C=O) groups is 2. The van der Waals surface area contributed by atoms with Gasteiger partial charge in [-0.1, -0.05) is 57.3 Å². The number of halogens is 3. The van der Waals surface area contributed by atoms with Gasteiger partial charge in [-0.25, -0.2) is 0 Å². The lowest BCUT2D eigenvalue weighted by Crippen LogP contribution is -2.45. The van der Waals surface area contributed by atoms with E-state index in [2.05, 4.69) is 15.9 Å². The molecule has 8 heteroatoms. The zero-order valence-corrected chi connectivity index (χ0v) is 23.1. The Balaban J connectivity index is 0.000000213. The van der Waals surface area contributed by atoms with E-state index in [1.165, 1.54) is 19.8 Å². The average Bonchev–Trinajstić information content (AvgIpc) is 3.53. The van der Waals surface area contributed by atoms with Crippen molar-refractivity contribution in [3.63, 3.8) is 0 Å². The lowest BCUT2D eigenvalue weighted by atomic mass is 10.0. The van der Waals surface area contributed by atoms with E-state index in [1.807, 2.05) is 74.2 Å². The van der Waals surface area contributed by atoms with Gasteiger partial charge in [-0.3, -0.25) is 9.59 Å². The summed E-state index contributed by atoms with van der Waals surface area (Å²) in [6.45, 7) is 8.61. The third-order valence-corrected chi connectivity index (χ3v) is 5.82. The summed E-state index contributed by atoms with van der Waals surface area (Å²) < 4.78 is 11.2. The molecule has 0 radical (unpaired) electrons. The summed E-state index contributed by atoms with van der Waals surface area (Å²) in [5, 5.41) is 1.48. The molecule has 5 nitrogen and oxygen atoms in total. The lowest BCUT2D eigenvalue weighted by Gasteiger charge is -2.36. The Morgan fingerprint density at radius 2 is 1.76 bits per heavy atom. The molecule has 1 aliphatic carbocycles. The normalized spacial score (nSPS) is 17.7. The first-order valence-electron chi connectivity index (χ1n) is 11.2. The maximum atomic E-state index is 12.0. The molecule has 1 saturated carbocycles. The molecule has 1 atom stereocenters. The molecule has 34 heavy (non-hydrogen) atoms. The molecule has 0 bridgehead atoms. The highest BCUT2D eigenvalue weighted by atomic mass is 79.9. The molecule has 2 aromatic carbocycles. The van der Waals surface area contributed by atoms with Gasteiger partial charge >= 0.3 is 5.97 Å². The van der Waals surface area contributed by atoms with Crippen molar-refractivity contribution in [2.45, 2.75) is 52.2 Å². The summed E-state index contributed by atoms with van der Waals surface area (Å²) >= 11 is 14.8. The summed E-state index contributed by atoms with van der Waals surface area (Å²) in [5.74, 6) is 0.576. The van der Waals surface area contributed by atoms with Crippen molar-refractivity contribution in [2.24, 2.45) is 5.92 Å². The number of hydrogen-bond donors (Lipinski definition) is 0. The smallest absolute Gasteiger partial charge is 0.303 e. The molecule has 2 fully saturated rings. The number of carbonyl (C=O) groups excluding carboxylic acids is 2. The predicted molar refractivity (Wildman–Crippen MR) is 140 cm³/mol. The molecule has 1 aliphatic heterocycles. The first-order chi connectivity index (χ1) is 15.9. The van der Waals surface area contributed by atoms with E-state index in [-0.39, 0.29) is 30.1 Å². The largest absolute Gasteiger partial charge is 0.460 e. The lowest BCUT2D eigenvalue weighted by molar-refractivity contribution is -0.152. The Kier molecular flexibility index (Phi) is 11.4. The zero-order valence-electron chi connectivity index (χ0n) is 20.0. The molecule has 0 N–H and O–H groups in total. The van der Waals surface area contributed by atoms with Gasteiger partial charge in [-0.05, 0) is 75.4 Å². The number of ether oxygens (including phenoxy) is 2. The molecule has 0 spiro atoms. The predicted octanol–water partition coefficient (Wildman–Crippen LogP) is 7.10. The zero-order chi connectivity index (χ0) is 25.3. The van der Waals surface area contributed by atoms with E-state index in [0.29, 0.717) is 12.5 Å². The van der Waals surface area contributed by atoms with Crippen LogP contribution in [0, 0.1) is 5.92 Å². The number of benzene rings is 2. The van der Waals surface area contributed by atoms with Crippen LogP contribution >= 0.6 is 39.1 Å². The van der Waals surface area contributed by atoms with Gasteiger partial charge < -0.3 is 14.4 Å². The third kappa shape index (κ3) is 11.2. The van der Waals surface area contributed by atoms with Crippen LogP contribution in [0.15, 0.2) is 53.0 Å². The van der Waals surface area contributed by atoms with Gasteiger partial charge in [0.05, 0.1) is 12.6 Å². The quantitative estimate of drug-likeness (QED) is 0.368. The topological polar surface area (TPSA) is 55.8 Å². The Morgan fingerprint density at radius 1 is 1.12 bits per heavy atom. The SMILES string of the molecule is CC(=O)OC(C)(C)C.Clc1cccc(Br)c1.O=C1COCC(c2ccc(Cl)cc2)N1CC1CC1. The fourth-order valence-electron chi connectivity index (χ4n) is 3.26. The molecule has 1 heterocycles. The Labute approximate surface area is 220 Å². The first-order valence-corrected chi connectivity index (χ1v) is 12.7. The van der Waals surface area contributed by atoms with Crippen molar-refractivity contribution in [1.29, 1.82) is 0 Å². The van der Waals surface area contributed by atoms with Crippen molar-refractivity contribution in [2.75, 3.05) is 19.8 Å². The van der Waals surface area contributed by atoms with Gasteiger partial charge in [0, 0.05) is 28.0 Å². The maximum absolute atomic E-state index is 12.0. The van der Waals surface area contributed by atoms with Crippen LogP contribution in [0.2, 0.25) is 10.0 Å². The highest BCUT2D eigenvalue weighted by molar-refractivity contribution is 9.10. The molecule has 4 rings (SSSR count). The van der Waals surface area contributed by atoms with Gasteiger partial charge in [0.25, 0.3) is 0 Å². The number of esters is 1. The van der Waals surface area contributed by atoms with Crippen LogP contribution in [0.4, 0.5) is 0 Å². The van der Waals surface area contributed by atoms with E-state index < -0.39 is 0 Å².